The van der Waals surface area contributed by atoms with Crippen LogP contribution in [0.1, 0.15) is 77.8 Å². The van der Waals surface area contributed by atoms with Gasteiger partial charge >= 0.3 is 0 Å². The highest BCUT2D eigenvalue weighted by Crippen LogP contribution is 2.62. The van der Waals surface area contributed by atoms with Crippen molar-refractivity contribution >= 4 is 0 Å². The lowest BCUT2D eigenvalue weighted by Crippen LogP contribution is -2.28. The first-order chi connectivity index (χ1) is 31.7. The first-order valence-corrected chi connectivity index (χ1v) is 23.0. The first kappa shape index (κ1) is 38.1. The molecule has 9 aromatic rings. The van der Waals surface area contributed by atoms with Gasteiger partial charge in [-0.25, -0.2) is 0 Å². The second kappa shape index (κ2) is 13.5. The van der Waals surface area contributed by atoms with E-state index < -0.39 is 5.41 Å². The highest BCUT2D eigenvalue weighted by molar-refractivity contribution is 5.99. The van der Waals surface area contributed by atoms with Gasteiger partial charge in [0, 0.05) is 10.8 Å². The van der Waals surface area contributed by atoms with Crippen molar-refractivity contribution in [2.75, 3.05) is 6.79 Å². The van der Waals surface area contributed by atoms with Gasteiger partial charge in [-0.1, -0.05) is 191 Å². The molecule has 1 aliphatic heterocycles. The lowest BCUT2D eigenvalue weighted by Gasteiger charge is -2.35. The Morgan fingerprint density at radius 2 is 0.769 bits per heavy atom. The van der Waals surface area contributed by atoms with Crippen molar-refractivity contribution in [3.05, 3.63) is 238 Å². The average molecular weight is 837 g/mol. The molecule has 312 valence electrons. The maximum atomic E-state index is 6.29. The Balaban J connectivity index is 1.12. The highest BCUT2D eigenvalue weighted by atomic mass is 16.7. The third-order valence-corrected chi connectivity index (χ3v) is 15.5. The molecule has 0 saturated heterocycles. The fourth-order valence-corrected chi connectivity index (χ4v) is 12.5. The molecule has 0 N–H and O–H groups in total. The SMILES string of the molecule is Cc1ccccc1-c1cccc2c1-c1cc3c(cc1C2(c1cccc(-c2cccc4c2-c2ccccc2C4(C)C)c1)c1cccc(-c2cccc4c2-c2ccccc2C4(C)C)c1)OCO3. The van der Waals surface area contributed by atoms with Gasteiger partial charge in [0.15, 0.2) is 11.5 Å². The van der Waals surface area contributed by atoms with Gasteiger partial charge in [-0.05, 0) is 148 Å². The van der Waals surface area contributed by atoms with Gasteiger partial charge < -0.3 is 9.47 Å². The monoisotopic (exact) mass is 836 g/mol. The summed E-state index contributed by atoms with van der Waals surface area (Å²) in [6, 6.07) is 70.9. The zero-order valence-electron chi connectivity index (χ0n) is 37.4. The molecular weight excluding hydrogens is 789 g/mol. The zero-order chi connectivity index (χ0) is 43.8. The summed E-state index contributed by atoms with van der Waals surface area (Å²) in [5, 5.41) is 0. The van der Waals surface area contributed by atoms with E-state index in [2.05, 4.69) is 223 Å². The maximum Gasteiger partial charge on any atom is 0.231 e. The first-order valence-electron chi connectivity index (χ1n) is 23.0. The van der Waals surface area contributed by atoms with Crippen molar-refractivity contribution in [1.29, 1.82) is 0 Å². The fourth-order valence-electron chi connectivity index (χ4n) is 12.5. The molecule has 13 rings (SSSR count). The number of rotatable bonds is 5. The minimum absolute atomic E-state index is 0.105. The van der Waals surface area contributed by atoms with Gasteiger partial charge in [0.05, 0.1) is 5.41 Å². The number of fused-ring (bicyclic) bond motifs is 10. The third-order valence-electron chi connectivity index (χ3n) is 15.5. The zero-order valence-corrected chi connectivity index (χ0v) is 37.4. The Morgan fingerprint density at radius 1 is 0.338 bits per heavy atom. The summed E-state index contributed by atoms with van der Waals surface area (Å²) < 4.78 is 12.5. The summed E-state index contributed by atoms with van der Waals surface area (Å²) in [7, 11) is 0. The summed E-state index contributed by atoms with van der Waals surface area (Å²) in [4.78, 5) is 0. The molecular formula is C63H48O2. The largest absolute Gasteiger partial charge is 0.454 e. The summed E-state index contributed by atoms with van der Waals surface area (Å²) in [5.74, 6) is 1.57. The van der Waals surface area contributed by atoms with Crippen molar-refractivity contribution in [2.24, 2.45) is 0 Å². The Labute approximate surface area is 381 Å². The van der Waals surface area contributed by atoms with Crippen LogP contribution in [-0.2, 0) is 16.2 Å². The van der Waals surface area contributed by atoms with Gasteiger partial charge in [-0.15, -0.1) is 0 Å². The molecule has 2 nitrogen and oxygen atoms in total. The topological polar surface area (TPSA) is 18.5 Å². The molecule has 0 radical (unpaired) electrons. The van der Waals surface area contributed by atoms with E-state index >= 15 is 0 Å². The fraction of sp³-hybridized carbons (Fsp3) is 0.143. The standard InChI is InChI=1S/C63H48O2/c1-38-17-6-7-22-43(38)46-27-16-32-54-60(46)49-35-56-57(65-37-64-56)36-55(49)63(54,41-20-12-18-39(33-41)44-25-14-30-52-58(44)47-23-8-10-28-50(47)61(52,2)3)42-21-13-19-40(34-42)45-26-15-31-53-59(45)48-24-9-11-29-51(48)62(53,4)5/h6-36H,37H2,1-5H3. The predicted octanol–water partition coefficient (Wildman–Crippen LogP) is 15.7. The molecule has 3 aliphatic carbocycles. The van der Waals surface area contributed by atoms with E-state index in [1.807, 2.05) is 0 Å². The van der Waals surface area contributed by atoms with Crippen molar-refractivity contribution in [2.45, 2.75) is 50.9 Å². The Morgan fingerprint density at radius 3 is 1.34 bits per heavy atom. The van der Waals surface area contributed by atoms with E-state index in [9.17, 15) is 0 Å². The Hall–Kier alpha value is -7.42. The quantitative estimate of drug-likeness (QED) is 0.172. The number of aryl methyl sites for hydroxylation is 1. The molecule has 2 heteroatoms. The van der Waals surface area contributed by atoms with E-state index in [4.69, 9.17) is 9.47 Å². The summed E-state index contributed by atoms with van der Waals surface area (Å²) in [5.41, 5.74) is 25.7. The second-order valence-corrected chi connectivity index (χ2v) is 19.5. The molecule has 0 unspecified atom stereocenters. The van der Waals surface area contributed by atoms with Crippen molar-refractivity contribution in [3.8, 4) is 78.3 Å². The molecule has 0 fully saturated rings. The van der Waals surface area contributed by atoms with E-state index in [0.717, 1.165) is 11.5 Å². The van der Waals surface area contributed by atoms with Crippen LogP contribution in [-0.4, -0.2) is 6.79 Å². The molecule has 0 bridgehead atoms. The van der Waals surface area contributed by atoms with Crippen LogP contribution >= 0.6 is 0 Å². The molecule has 65 heavy (non-hydrogen) atoms. The Kier molecular flexibility index (Phi) is 7.94. The van der Waals surface area contributed by atoms with Crippen molar-refractivity contribution < 1.29 is 9.47 Å². The van der Waals surface area contributed by atoms with Crippen molar-refractivity contribution in [3.63, 3.8) is 0 Å². The molecule has 0 spiro atoms. The van der Waals surface area contributed by atoms with Crippen LogP contribution in [0.3, 0.4) is 0 Å². The van der Waals surface area contributed by atoms with Gasteiger partial charge in [-0.3, -0.25) is 0 Å². The van der Waals surface area contributed by atoms with E-state index in [1.54, 1.807) is 0 Å². The molecule has 4 aliphatic rings. The number of ether oxygens (including phenoxy) is 2. The predicted molar refractivity (Wildman–Crippen MR) is 266 cm³/mol. The van der Waals surface area contributed by atoms with Crippen molar-refractivity contribution in [1.82, 2.24) is 0 Å². The van der Waals surface area contributed by atoms with E-state index in [-0.39, 0.29) is 17.6 Å². The van der Waals surface area contributed by atoms with Crippen LogP contribution in [0.25, 0.3) is 66.8 Å². The lowest BCUT2D eigenvalue weighted by molar-refractivity contribution is 0.174. The third kappa shape index (κ3) is 5.11. The lowest BCUT2D eigenvalue weighted by atomic mass is 9.66. The van der Waals surface area contributed by atoms with Gasteiger partial charge in [0.25, 0.3) is 0 Å². The maximum absolute atomic E-state index is 6.29. The molecule has 9 aromatic carbocycles. The minimum atomic E-state index is -0.735. The molecule has 0 amide bonds. The second-order valence-electron chi connectivity index (χ2n) is 19.5. The van der Waals surface area contributed by atoms with Gasteiger partial charge in [0.2, 0.25) is 6.79 Å². The van der Waals surface area contributed by atoms with Crippen LogP contribution in [0.2, 0.25) is 0 Å². The number of hydrogen-bond acceptors (Lipinski definition) is 2. The van der Waals surface area contributed by atoms with Gasteiger partial charge in [0.1, 0.15) is 0 Å². The number of hydrogen-bond donors (Lipinski definition) is 0. The average Bonchev–Trinajstić information content (AvgIpc) is 4.05. The number of benzene rings is 9. The summed E-state index contributed by atoms with van der Waals surface area (Å²) in [6.45, 7) is 11.9. The van der Waals surface area contributed by atoms with E-state index in [0.29, 0.717) is 0 Å². The van der Waals surface area contributed by atoms with Crippen LogP contribution in [0.5, 0.6) is 11.5 Å². The van der Waals surface area contributed by atoms with Crippen LogP contribution in [0.4, 0.5) is 0 Å². The molecule has 0 atom stereocenters. The van der Waals surface area contributed by atoms with Crippen LogP contribution in [0.15, 0.2) is 188 Å². The minimum Gasteiger partial charge on any atom is -0.454 e. The van der Waals surface area contributed by atoms with Crippen LogP contribution < -0.4 is 9.47 Å². The highest BCUT2D eigenvalue weighted by Gasteiger charge is 2.49. The molecule has 0 saturated carbocycles. The smallest absolute Gasteiger partial charge is 0.231 e. The van der Waals surface area contributed by atoms with E-state index in [1.165, 1.54) is 117 Å². The van der Waals surface area contributed by atoms with Crippen LogP contribution in [0, 0.1) is 6.92 Å². The normalized spacial score (nSPS) is 15.7. The molecule has 1 heterocycles. The summed E-state index contributed by atoms with van der Waals surface area (Å²) >= 11 is 0. The van der Waals surface area contributed by atoms with Gasteiger partial charge in [-0.2, -0.15) is 0 Å². The molecule has 0 aromatic heterocycles. The summed E-state index contributed by atoms with van der Waals surface area (Å²) in [6.07, 6.45) is 0. The Bertz CT molecular complexity index is 3340.